The van der Waals surface area contributed by atoms with E-state index in [1.807, 2.05) is 60.7 Å². The summed E-state index contributed by atoms with van der Waals surface area (Å²) >= 11 is 0. The summed E-state index contributed by atoms with van der Waals surface area (Å²) in [6.07, 6.45) is 6.19. The summed E-state index contributed by atoms with van der Waals surface area (Å²) < 4.78 is 32.1. The van der Waals surface area contributed by atoms with Gasteiger partial charge in [-0.25, -0.2) is 15.0 Å². The molecule has 0 fully saturated rings. The molecule has 8 nitrogen and oxygen atoms in total. The van der Waals surface area contributed by atoms with Crippen LogP contribution >= 0.6 is 0 Å². The maximum atomic E-state index is 9.01. The number of hydrogen-bond acceptors (Lipinski definition) is 7. The minimum absolute atomic E-state index is 0. The van der Waals surface area contributed by atoms with Crippen LogP contribution in [-0.4, -0.2) is 29.5 Å². The average Bonchev–Trinajstić information content (AvgIpc) is 3.44. The zero-order valence-corrected chi connectivity index (χ0v) is 27.1. The van der Waals surface area contributed by atoms with Crippen molar-refractivity contribution in [2.45, 2.75) is 0 Å². The quantitative estimate of drug-likeness (QED) is 0.120. The Hall–Kier alpha value is -5.09. The van der Waals surface area contributed by atoms with Gasteiger partial charge in [0.2, 0.25) is 5.95 Å². The van der Waals surface area contributed by atoms with Crippen LogP contribution in [0.15, 0.2) is 122 Å². The number of hydrogen-bond donors (Lipinski definition) is 0. The summed E-state index contributed by atoms with van der Waals surface area (Å²) in [6, 6.07) is 38.7. The Morgan fingerprint density at radius 2 is 1.02 bits per heavy atom. The van der Waals surface area contributed by atoms with Crippen molar-refractivity contribution in [3.8, 4) is 51.5 Å². The summed E-state index contributed by atoms with van der Waals surface area (Å²) in [6.45, 7) is 0. The molecule has 4 aromatic carbocycles. The molecule has 8 rings (SSSR count). The van der Waals surface area contributed by atoms with Crippen LogP contribution in [0.2, 0.25) is 0 Å². The van der Waals surface area contributed by atoms with E-state index in [1.165, 1.54) is 12.7 Å². The molecule has 47 heavy (non-hydrogen) atoms. The first-order chi connectivity index (χ1) is 23.1. The van der Waals surface area contributed by atoms with Gasteiger partial charge in [-0.05, 0) is 23.5 Å². The van der Waals surface area contributed by atoms with Crippen LogP contribution in [0, 0.1) is 24.3 Å². The maximum absolute atomic E-state index is 9.01. The number of fused-ring (bicyclic) bond motifs is 3. The second kappa shape index (κ2) is 14.1. The van der Waals surface area contributed by atoms with Gasteiger partial charge in [-0.15, -0.1) is 71.8 Å². The van der Waals surface area contributed by atoms with Crippen molar-refractivity contribution in [3.63, 3.8) is 0 Å². The fraction of sp³-hybridized carbons (Fsp3) is 0. The smallest absolute Gasteiger partial charge is 0.503 e. The molecule has 0 atom stereocenters. The zero-order valence-electron chi connectivity index (χ0n) is 26.0. The Morgan fingerprint density at radius 3 is 1.49 bits per heavy atom. The third-order valence-corrected chi connectivity index (χ3v) is 6.89. The standard InChI is InChI=1S/C37H20N6O2.2Pd/c1-3-17-39-33(11-1)25-7-5-9-27(19-25)44-29-13-15-31-32-16-14-30(22-36(32)43(35(31)21-29)37-41-23-38-24-42-37)45-28-10-6-8-26(20-28)34-12-2-4-18-40-34;;/h1-18,23-24H;;/q-4;2*+2/i15D,16D;;. The summed E-state index contributed by atoms with van der Waals surface area (Å²) in [5, 5.41) is 0.936. The van der Waals surface area contributed by atoms with Gasteiger partial charge >= 0.3 is 40.8 Å². The molecule has 0 amide bonds. The molecule has 10 heteroatoms. The molecule has 0 saturated heterocycles. The van der Waals surface area contributed by atoms with Gasteiger partial charge in [0.25, 0.3) is 0 Å². The molecule has 0 aliphatic heterocycles. The van der Waals surface area contributed by atoms with Crippen molar-refractivity contribution in [1.29, 1.82) is 0 Å². The monoisotopic (exact) mass is 794 g/mol. The van der Waals surface area contributed by atoms with Crippen molar-refractivity contribution in [2.75, 3.05) is 0 Å². The van der Waals surface area contributed by atoms with Crippen LogP contribution in [0.3, 0.4) is 0 Å². The van der Waals surface area contributed by atoms with E-state index in [-0.39, 0.29) is 70.4 Å². The van der Waals surface area contributed by atoms with E-state index in [9.17, 15) is 0 Å². The van der Waals surface area contributed by atoms with Gasteiger partial charge in [0.1, 0.15) is 12.7 Å². The van der Waals surface area contributed by atoms with Gasteiger partial charge < -0.3 is 24.0 Å². The number of aromatic nitrogens is 6. The number of nitrogens with zero attached hydrogens (tertiary/aromatic N) is 6. The van der Waals surface area contributed by atoms with Crippen molar-refractivity contribution < 1.29 is 53.1 Å². The van der Waals surface area contributed by atoms with Gasteiger partial charge in [-0.2, -0.15) is 22.9 Å². The zero-order chi connectivity index (χ0) is 31.7. The van der Waals surface area contributed by atoms with E-state index in [4.69, 9.17) is 12.2 Å². The molecule has 0 unspecified atom stereocenters. The first kappa shape index (κ1) is 29.3. The molecule has 0 aliphatic carbocycles. The van der Waals surface area contributed by atoms with Crippen LogP contribution in [0.1, 0.15) is 2.74 Å². The van der Waals surface area contributed by atoms with E-state index in [2.05, 4.69) is 49.2 Å². The average molecular weight is 795 g/mol. The van der Waals surface area contributed by atoms with Crippen molar-refractivity contribution >= 4 is 21.8 Å². The van der Waals surface area contributed by atoms with E-state index in [0.29, 0.717) is 33.3 Å². The third-order valence-electron chi connectivity index (χ3n) is 6.89. The van der Waals surface area contributed by atoms with Crippen LogP contribution in [0.5, 0.6) is 23.0 Å². The summed E-state index contributed by atoms with van der Waals surface area (Å²) in [7, 11) is 0. The van der Waals surface area contributed by atoms with Crippen molar-refractivity contribution in [1.82, 2.24) is 29.5 Å². The fourth-order valence-corrected chi connectivity index (χ4v) is 4.92. The van der Waals surface area contributed by atoms with E-state index in [1.54, 1.807) is 41.2 Å². The third kappa shape index (κ3) is 6.60. The topological polar surface area (TPSA) is 87.8 Å². The molecule has 4 heterocycles. The first-order valence-corrected chi connectivity index (χ1v) is 13.9. The molecule has 230 valence electrons. The largest absolute Gasteiger partial charge is 2.00 e. The summed E-state index contributed by atoms with van der Waals surface area (Å²) in [4.78, 5) is 21.5. The second-order valence-corrected chi connectivity index (χ2v) is 9.77. The maximum Gasteiger partial charge on any atom is 2.00 e. The Balaban J connectivity index is 0.00000208. The van der Waals surface area contributed by atoms with E-state index >= 15 is 0 Å². The van der Waals surface area contributed by atoms with Crippen LogP contribution in [0.4, 0.5) is 0 Å². The molecule has 4 aromatic heterocycles. The summed E-state index contributed by atoms with van der Waals surface area (Å²) in [5.41, 5.74) is 3.90. The van der Waals surface area contributed by atoms with E-state index < -0.39 is 0 Å². The summed E-state index contributed by atoms with van der Waals surface area (Å²) in [5.74, 6) is 1.67. The SMILES string of the molecule is [2H]c1cc(Oc2[c-]c(-c3ccccn3)ccc2)[c-]c2c1c1c([2H])cc(Oc3[c-]c(-c4ccccn4)ccc3)[c-]c1n2-c1ncncn1.[Pd+2].[Pd+2]. The Morgan fingerprint density at radius 1 is 0.532 bits per heavy atom. The van der Waals surface area contributed by atoms with Crippen LogP contribution in [-0.2, 0) is 40.8 Å². The predicted molar refractivity (Wildman–Crippen MR) is 169 cm³/mol. The molecule has 0 spiro atoms. The molecule has 0 saturated carbocycles. The Bertz CT molecular complexity index is 2250. The molecule has 8 aromatic rings. The fourth-order valence-electron chi connectivity index (χ4n) is 4.92. The molecule has 0 aliphatic rings. The Labute approximate surface area is 300 Å². The predicted octanol–water partition coefficient (Wildman–Crippen LogP) is 7.87. The van der Waals surface area contributed by atoms with Crippen molar-refractivity contribution in [2.24, 2.45) is 0 Å². The van der Waals surface area contributed by atoms with Gasteiger partial charge in [0.05, 0.1) is 0 Å². The van der Waals surface area contributed by atoms with Gasteiger partial charge in [0, 0.05) is 38.1 Å². The minimum Gasteiger partial charge on any atom is -0.503 e. The molecular formula is C37H20N6O2Pd2. The number of rotatable bonds is 7. The number of benzene rings is 4. The minimum atomic E-state index is 0. The van der Waals surface area contributed by atoms with Gasteiger partial charge in [-0.3, -0.25) is 0 Å². The van der Waals surface area contributed by atoms with Gasteiger partial charge in [-0.1, -0.05) is 47.4 Å². The Kier molecular flexibility index (Phi) is 8.82. The molecular weight excluding hydrogens is 773 g/mol. The second-order valence-electron chi connectivity index (χ2n) is 9.77. The number of ether oxygens (including phenoxy) is 2. The first-order valence-electron chi connectivity index (χ1n) is 14.9. The van der Waals surface area contributed by atoms with Crippen LogP contribution < -0.4 is 9.47 Å². The van der Waals surface area contributed by atoms with Crippen molar-refractivity contribution in [3.05, 3.63) is 146 Å². The normalized spacial score (nSPS) is 11.2. The molecule has 0 N–H and O–H groups in total. The number of pyridine rings is 2. The molecule has 0 bridgehead atoms. The van der Waals surface area contributed by atoms with Gasteiger partial charge in [0.15, 0.2) is 0 Å². The van der Waals surface area contributed by atoms with E-state index in [0.717, 1.165) is 22.5 Å². The molecule has 0 radical (unpaired) electrons. The van der Waals surface area contributed by atoms with Crippen LogP contribution in [0.25, 0.3) is 50.3 Å².